The number of amidine groups is 1. The minimum Gasteiger partial charge on any atom is -0.380 e. The van der Waals surface area contributed by atoms with Crippen molar-refractivity contribution in [1.29, 1.82) is 0 Å². The minimum atomic E-state index is -0.744. The van der Waals surface area contributed by atoms with Gasteiger partial charge in [0.1, 0.15) is 0 Å². The number of carbonyl (C=O) groups excluding carboxylic acids is 1. The van der Waals surface area contributed by atoms with Gasteiger partial charge in [-0.05, 0) is 11.4 Å². The molecular formula is C9H7ClN4O2S. The van der Waals surface area contributed by atoms with E-state index < -0.39 is 5.97 Å². The number of hydrogen-bond donors (Lipinski definition) is 2. The van der Waals surface area contributed by atoms with E-state index in [0.29, 0.717) is 4.88 Å². The lowest BCUT2D eigenvalue weighted by Crippen LogP contribution is -2.14. The van der Waals surface area contributed by atoms with Crippen molar-refractivity contribution >= 4 is 34.7 Å². The maximum Gasteiger partial charge on any atom is 0.384 e. The Balaban J connectivity index is 2.06. The summed E-state index contributed by atoms with van der Waals surface area (Å²) in [6.45, 7) is 0. The molecule has 8 heteroatoms. The lowest BCUT2D eigenvalue weighted by molar-refractivity contribution is 0.0509. The molecule has 6 nitrogen and oxygen atoms in total. The highest BCUT2D eigenvalue weighted by Gasteiger charge is 2.14. The predicted molar refractivity (Wildman–Crippen MR) is 64.1 cm³/mol. The molecule has 88 valence electrons. The second-order valence-corrected chi connectivity index (χ2v) is 4.28. The first kappa shape index (κ1) is 11.6. The molecule has 2 aromatic heterocycles. The fraction of sp³-hybridized carbons (Fsp3) is 0. The normalized spacial score (nSPS) is 11.5. The Kier molecular flexibility index (Phi) is 3.40. The number of aromatic nitrogens is 2. The van der Waals surface area contributed by atoms with Crippen LogP contribution < -0.4 is 5.73 Å². The lowest BCUT2D eigenvalue weighted by Gasteiger charge is -1.97. The van der Waals surface area contributed by atoms with Gasteiger partial charge in [-0.15, -0.1) is 11.3 Å². The summed E-state index contributed by atoms with van der Waals surface area (Å²) in [5.41, 5.74) is 5.64. The van der Waals surface area contributed by atoms with Crippen LogP contribution in [0.5, 0.6) is 0 Å². The molecule has 0 saturated heterocycles. The van der Waals surface area contributed by atoms with Crippen LogP contribution in [0.15, 0.2) is 28.9 Å². The van der Waals surface area contributed by atoms with E-state index in [4.69, 9.17) is 17.3 Å². The summed E-state index contributed by atoms with van der Waals surface area (Å²) >= 11 is 7.07. The number of H-pyrrole nitrogens is 1. The van der Waals surface area contributed by atoms with Crippen LogP contribution in [-0.2, 0) is 4.84 Å². The molecule has 0 aromatic carbocycles. The second-order valence-electron chi connectivity index (χ2n) is 2.93. The summed E-state index contributed by atoms with van der Waals surface area (Å²) in [4.78, 5) is 16.8. The van der Waals surface area contributed by atoms with E-state index in [9.17, 15) is 4.79 Å². The molecule has 0 unspecified atom stereocenters. The van der Waals surface area contributed by atoms with Crippen molar-refractivity contribution in [3.8, 4) is 0 Å². The van der Waals surface area contributed by atoms with Gasteiger partial charge in [0, 0.05) is 0 Å². The SMILES string of the molecule is N/C(=N\OC(=O)c1[nH]ncc1Cl)c1cccs1. The zero-order valence-corrected chi connectivity index (χ0v) is 9.96. The number of aromatic amines is 1. The molecule has 17 heavy (non-hydrogen) atoms. The summed E-state index contributed by atoms with van der Waals surface area (Å²) < 4.78 is 0. The third-order valence-corrected chi connectivity index (χ3v) is 2.98. The van der Waals surface area contributed by atoms with Crippen molar-refractivity contribution < 1.29 is 9.63 Å². The molecule has 0 fully saturated rings. The Morgan fingerprint density at radius 2 is 2.47 bits per heavy atom. The Bertz CT molecular complexity index is 549. The van der Waals surface area contributed by atoms with Gasteiger partial charge >= 0.3 is 5.97 Å². The van der Waals surface area contributed by atoms with Gasteiger partial charge in [-0.3, -0.25) is 5.10 Å². The van der Waals surface area contributed by atoms with Crippen LogP contribution in [-0.4, -0.2) is 22.0 Å². The van der Waals surface area contributed by atoms with E-state index in [1.807, 2.05) is 11.4 Å². The van der Waals surface area contributed by atoms with E-state index in [0.717, 1.165) is 0 Å². The number of oxime groups is 1. The third kappa shape index (κ3) is 2.63. The van der Waals surface area contributed by atoms with Gasteiger partial charge in [0.05, 0.1) is 16.1 Å². The van der Waals surface area contributed by atoms with Crippen molar-refractivity contribution in [2.45, 2.75) is 0 Å². The smallest absolute Gasteiger partial charge is 0.380 e. The van der Waals surface area contributed by atoms with Gasteiger partial charge in [-0.25, -0.2) is 4.79 Å². The molecule has 0 aliphatic heterocycles. The predicted octanol–water partition coefficient (Wildman–Crippen LogP) is 1.60. The highest BCUT2D eigenvalue weighted by atomic mass is 35.5. The molecule has 3 N–H and O–H groups in total. The molecule has 0 amide bonds. The number of halogens is 1. The van der Waals surface area contributed by atoms with Crippen LogP contribution in [0.4, 0.5) is 0 Å². The van der Waals surface area contributed by atoms with Crippen LogP contribution in [0.1, 0.15) is 15.4 Å². The topological polar surface area (TPSA) is 93.4 Å². The van der Waals surface area contributed by atoms with Gasteiger partial charge in [-0.1, -0.05) is 22.8 Å². The van der Waals surface area contributed by atoms with E-state index in [-0.39, 0.29) is 16.6 Å². The third-order valence-electron chi connectivity index (χ3n) is 1.80. The Morgan fingerprint density at radius 3 is 3.06 bits per heavy atom. The molecule has 2 aromatic rings. The van der Waals surface area contributed by atoms with Gasteiger partial charge in [0.15, 0.2) is 11.5 Å². The standard InChI is InChI=1S/C9H7ClN4O2S/c10-5-4-12-13-7(5)9(15)16-14-8(11)6-2-1-3-17-6/h1-4H,(H2,11,14)(H,12,13). The van der Waals surface area contributed by atoms with Crippen LogP contribution in [0.2, 0.25) is 5.02 Å². The zero-order chi connectivity index (χ0) is 12.3. The molecule has 2 rings (SSSR count). The number of hydrogen-bond acceptors (Lipinski definition) is 5. The lowest BCUT2D eigenvalue weighted by atomic mass is 10.4. The average Bonchev–Trinajstić information content (AvgIpc) is 2.95. The zero-order valence-electron chi connectivity index (χ0n) is 8.38. The Morgan fingerprint density at radius 1 is 1.65 bits per heavy atom. The van der Waals surface area contributed by atoms with Crippen LogP contribution >= 0.6 is 22.9 Å². The summed E-state index contributed by atoms with van der Waals surface area (Å²) in [5, 5.41) is 11.5. The second kappa shape index (κ2) is 4.98. The van der Waals surface area contributed by atoms with E-state index >= 15 is 0 Å². The largest absolute Gasteiger partial charge is 0.384 e. The van der Waals surface area contributed by atoms with E-state index in [2.05, 4.69) is 20.2 Å². The van der Waals surface area contributed by atoms with Crippen molar-refractivity contribution in [1.82, 2.24) is 10.2 Å². The maximum absolute atomic E-state index is 11.5. The number of rotatable bonds is 3. The number of nitrogens with two attached hydrogens (primary N) is 1. The monoisotopic (exact) mass is 270 g/mol. The number of carbonyl (C=O) groups is 1. The first-order valence-electron chi connectivity index (χ1n) is 4.46. The molecule has 0 saturated carbocycles. The Labute approximate surface area is 105 Å². The van der Waals surface area contributed by atoms with E-state index in [1.54, 1.807) is 6.07 Å². The van der Waals surface area contributed by atoms with Crippen molar-refractivity contribution in [3.05, 3.63) is 39.3 Å². The average molecular weight is 271 g/mol. The van der Waals surface area contributed by atoms with Gasteiger partial charge in [0.25, 0.3) is 0 Å². The number of thiophene rings is 1. The van der Waals surface area contributed by atoms with Crippen molar-refractivity contribution in [2.75, 3.05) is 0 Å². The summed E-state index contributed by atoms with van der Waals surface area (Å²) in [6, 6.07) is 3.58. The van der Waals surface area contributed by atoms with Gasteiger partial charge < -0.3 is 10.6 Å². The van der Waals surface area contributed by atoms with E-state index in [1.165, 1.54) is 17.5 Å². The summed E-state index contributed by atoms with van der Waals surface area (Å²) in [7, 11) is 0. The molecule has 0 aliphatic rings. The quantitative estimate of drug-likeness (QED) is 0.383. The number of nitrogens with one attached hydrogen (secondary N) is 1. The molecule has 0 aliphatic carbocycles. The minimum absolute atomic E-state index is 0.0365. The first-order chi connectivity index (χ1) is 8.18. The van der Waals surface area contributed by atoms with Crippen molar-refractivity contribution in [3.63, 3.8) is 0 Å². The molecule has 0 bridgehead atoms. The van der Waals surface area contributed by atoms with Crippen LogP contribution in [0.25, 0.3) is 0 Å². The first-order valence-corrected chi connectivity index (χ1v) is 5.72. The van der Waals surface area contributed by atoms with Gasteiger partial charge in [0.2, 0.25) is 0 Å². The van der Waals surface area contributed by atoms with Gasteiger partial charge in [-0.2, -0.15) is 5.10 Å². The fourth-order valence-corrected chi connectivity index (χ4v) is 1.81. The molecule has 0 atom stereocenters. The van der Waals surface area contributed by atoms with Crippen molar-refractivity contribution in [2.24, 2.45) is 10.9 Å². The molecule has 0 spiro atoms. The molecular weight excluding hydrogens is 264 g/mol. The highest BCUT2D eigenvalue weighted by Crippen LogP contribution is 2.13. The maximum atomic E-state index is 11.5. The summed E-state index contributed by atoms with van der Waals surface area (Å²) in [5.74, 6) is -0.615. The van der Waals surface area contributed by atoms with Crippen LogP contribution in [0.3, 0.4) is 0 Å². The number of nitrogens with zero attached hydrogens (tertiary/aromatic N) is 2. The molecule has 0 radical (unpaired) electrons. The molecule has 2 heterocycles. The Hall–Kier alpha value is -1.86. The fourth-order valence-electron chi connectivity index (χ4n) is 1.02. The summed E-state index contributed by atoms with van der Waals surface area (Å²) in [6.07, 6.45) is 1.30. The highest BCUT2D eigenvalue weighted by molar-refractivity contribution is 7.12. The van der Waals surface area contributed by atoms with Crippen LogP contribution in [0, 0.1) is 0 Å².